The Labute approximate surface area is 141 Å². The standard InChI is InChI=1S/C18H19Cl2NO/c1-12(2)9-17(15-5-3-4-6-16(15)20)21-11-13-10-14(19)7-8-18(13)22/h3-8,10-12,17,22H,9H2,1-2H3. The number of rotatable bonds is 5. The lowest BCUT2D eigenvalue weighted by molar-refractivity contribution is 0.474. The first-order chi connectivity index (χ1) is 10.5. The van der Waals surface area contributed by atoms with Gasteiger partial charge in [0.2, 0.25) is 0 Å². The first kappa shape index (κ1) is 16.9. The van der Waals surface area contributed by atoms with Gasteiger partial charge in [0.15, 0.2) is 0 Å². The highest BCUT2D eigenvalue weighted by atomic mass is 35.5. The number of halogens is 2. The molecule has 0 saturated carbocycles. The zero-order valence-corrected chi connectivity index (χ0v) is 14.1. The summed E-state index contributed by atoms with van der Waals surface area (Å²) < 4.78 is 0. The molecule has 2 aromatic rings. The molecule has 0 aromatic heterocycles. The summed E-state index contributed by atoms with van der Waals surface area (Å²) in [5, 5.41) is 11.2. The van der Waals surface area contributed by atoms with E-state index in [0.717, 1.165) is 12.0 Å². The van der Waals surface area contributed by atoms with Crippen LogP contribution >= 0.6 is 23.2 Å². The molecule has 1 unspecified atom stereocenters. The summed E-state index contributed by atoms with van der Waals surface area (Å²) in [6.07, 6.45) is 2.54. The minimum absolute atomic E-state index is 0.0490. The van der Waals surface area contributed by atoms with Crippen LogP contribution in [0.25, 0.3) is 0 Å². The number of aromatic hydroxyl groups is 1. The van der Waals surface area contributed by atoms with Crippen LogP contribution in [0.2, 0.25) is 10.0 Å². The van der Waals surface area contributed by atoms with Gasteiger partial charge >= 0.3 is 0 Å². The van der Waals surface area contributed by atoms with Crippen molar-refractivity contribution in [2.75, 3.05) is 0 Å². The van der Waals surface area contributed by atoms with Crippen molar-refractivity contribution in [3.63, 3.8) is 0 Å². The molecular weight excluding hydrogens is 317 g/mol. The largest absolute Gasteiger partial charge is 0.507 e. The van der Waals surface area contributed by atoms with Crippen molar-refractivity contribution in [3.8, 4) is 5.75 Å². The van der Waals surface area contributed by atoms with E-state index in [1.54, 1.807) is 24.4 Å². The lowest BCUT2D eigenvalue weighted by atomic mass is 9.97. The van der Waals surface area contributed by atoms with E-state index in [2.05, 4.69) is 18.8 Å². The number of nitrogens with zero attached hydrogens (tertiary/aromatic N) is 1. The van der Waals surface area contributed by atoms with Gasteiger partial charge in [-0.15, -0.1) is 0 Å². The molecule has 0 aliphatic heterocycles. The molecule has 4 heteroatoms. The zero-order chi connectivity index (χ0) is 16.1. The highest BCUT2D eigenvalue weighted by molar-refractivity contribution is 6.31. The van der Waals surface area contributed by atoms with E-state index in [1.165, 1.54) is 0 Å². The van der Waals surface area contributed by atoms with Gasteiger partial charge in [0.25, 0.3) is 0 Å². The van der Waals surface area contributed by atoms with Gasteiger partial charge in [-0.05, 0) is 42.2 Å². The van der Waals surface area contributed by atoms with Crippen molar-refractivity contribution in [1.82, 2.24) is 0 Å². The van der Waals surface area contributed by atoms with E-state index in [1.807, 2.05) is 24.3 Å². The Kier molecular flexibility index (Phi) is 5.87. The Morgan fingerprint density at radius 1 is 1.14 bits per heavy atom. The summed E-state index contributed by atoms with van der Waals surface area (Å²) in [6, 6.07) is 12.6. The quantitative estimate of drug-likeness (QED) is 0.677. The number of hydrogen-bond acceptors (Lipinski definition) is 2. The Morgan fingerprint density at radius 2 is 1.86 bits per heavy atom. The predicted octanol–water partition coefficient (Wildman–Crippen LogP) is 5.91. The van der Waals surface area contributed by atoms with Crippen molar-refractivity contribution in [2.24, 2.45) is 10.9 Å². The molecule has 2 rings (SSSR count). The van der Waals surface area contributed by atoms with Crippen LogP contribution < -0.4 is 0 Å². The number of aliphatic imine (C=N–C) groups is 1. The third-order valence-electron chi connectivity index (χ3n) is 3.34. The molecule has 0 amide bonds. The Bertz CT molecular complexity index is 668. The first-order valence-electron chi connectivity index (χ1n) is 7.23. The second kappa shape index (κ2) is 7.66. The van der Waals surface area contributed by atoms with Crippen molar-refractivity contribution in [2.45, 2.75) is 26.3 Å². The van der Waals surface area contributed by atoms with Gasteiger partial charge in [-0.2, -0.15) is 0 Å². The molecule has 0 bridgehead atoms. The van der Waals surface area contributed by atoms with E-state index in [9.17, 15) is 5.11 Å². The van der Waals surface area contributed by atoms with Crippen LogP contribution in [-0.2, 0) is 0 Å². The predicted molar refractivity (Wildman–Crippen MR) is 94.4 cm³/mol. The Hall–Kier alpha value is -1.51. The summed E-state index contributed by atoms with van der Waals surface area (Å²) in [4.78, 5) is 4.64. The molecule has 0 heterocycles. The smallest absolute Gasteiger partial charge is 0.124 e. The normalized spacial score (nSPS) is 13.0. The van der Waals surface area contributed by atoms with Gasteiger partial charge in [-0.25, -0.2) is 0 Å². The van der Waals surface area contributed by atoms with Crippen LogP contribution in [0.5, 0.6) is 5.75 Å². The highest BCUT2D eigenvalue weighted by Gasteiger charge is 2.14. The van der Waals surface area contributed by atoms with Crippen molar-refractivity contribution < 1.29 is 5.11 Å². The summed E-state index contributed by atoms with van der Waals surface area (Å²) in [5.74, 6) is 0.641. The maximum absolute atomic E-state index is 9.88. The lowest BCUT2D eigenvalue weighted by Gasteiger charge is -2.16. The molecule has 1 N–H and O–H groups in total. The third kappa shape index (κ3) is 4.49. The molecule has 22 heavy (non-hydrogen) atoms. The summed E-state index contributed by atoms with van der Waals surface area (Å²) in [7, 11) is 0. The average molecular weight is 336 g/mol. The van der Waals surface area contributed by atoms with E-state index in [4.69, 9.17) is 23.2 Å². The van der Waals surface area contributed by atoms with Gasteiger partial charge < -0.3 is 5.11 Å². The van der Waals surface area contributed by atoms with Crippen molar-refractivity contribution >= 4 is 29.4 Å². The molecule has 0 saturated heterocycles. The maximum atomic E-state index is 9.88. The minimum atomic E-state index is -0.0490. The Balaban J connectivity index is 2.32. The summed E-state index contributed by atoms with van der Waals surface area (Å²) >= 11 is 12.3. The molecule has 2 nitrogen and oxygen atoms in total. The molecule has 0 radical (unpaired) electrons. The molecule has 116 valence electrons. The Morgan fingerprint density at radius 3 is 2.55 bits per heavy atom. The lowest BCUT2D eigenvalue weighted by Crippen LogP contribution is -2.02. The maximum Gasteiger partial charge on any atom is 0.124 e. The van der Waals surface area contributed by atoms with Gasteiger partial charge in [0.1, 0.15) is 5.75 Å². The van der Waals surface area contributed by atoms with Crippen LogP contribution in [-0.4, -0.2) is 11.3 Å². The topological polar surface area (TPSA) is 32.6 Å². The monoisotopic (exact) mass is 335 g/mol. The number of phenolic OH excluding ortho intramolecular Hbond substituents is 1. The third-order valence-corrected chi connectivity index (χ3v) is 3.92. The molecule has 0 aliphatic carbocycles. The molecular formula is C18H19Cl2NO. The van der Waals surface area contributed by atoms with Crippen molar-refractivity contribution in [1.29, 1.82) is 0 Å². The second-order valence-corrected chi connectivity index (χ2v) is 6.49. The zero-order valence-electron chi connectivity index (χ0n) is 12.6. The fourth-order valence-electron chi connectivity index (χ4n) is 2.26. The first-order valence-corrected chi connectivity index (χ1v) is 7.99. The number of benzene rings is 2. The fraction of sp³-hybridized carbons (Fsp3) is 0.278. The second-order valence-electron chi connectivity index (χ2n) is 5.65. The molecule has 0 aliphatic rings. The van der Waals surface area contributed by atoms with Crippen LogP contribution in [0.4, 0.5) is 0 Å². The summed E-state index contributed by atoms with van der Waals surface area (Å²) in [5.41, 5.74) is 1.60. The fourth-order valence-corrected chi connectivity index (χ4v) is 2.70. The van der Waals surface area contributed by atoms with Crippen LogP contribution in [0.15, 0.2) is 47.5 Å². The van der Waals surface area contributed by atoms with Crippen LogP contribution in [0.3, 0.4) is 0 Å². The van der Waals surface area contributed by atoms with Gasteiger partial charge in [-0.3, -0.25) is 4.99 Å². The van der Waals surface area contributed by atoms with Crippen LogP contribution in [0, 0.1) is 5.92 Å². The molecule has 0 fully saturated rings. The van der Waals surface area contributed by atoms with Crippen molar-refractivity contribution in [3.05, 3.63) is 63.6 Å². The molecule has 1 atom stereocenters. The summed E-state index contributed by atoms with van der Waals surface area (Å²) in [6.45, 7) is 4.30. The van der Waals surface area contributed by atoms with Crippen LogP contribution in [0.1, 0.15) is 37.4 Å². The van der Waals surface area contributed by atoms with E-state index < -0.39 is 0 Å². The minimum Gasteiger partial charge on any atom is -0.507 e. The number of hydrogen-bond donors (Lipinski definition) is 1. The number of phenols is 1. The SMILES string of the molecule is CC(C)CC(N=Cc1cc(Cl)ccc1O)c1ccccc1Cl. The van der Waals surface area contributed by atoms with E-state index >= 15 is 0 Å². The van der Waals surface area contributed by atoms with Gasteiger partial charge in [0.05, 0.1) is 6.04 Å². The van der Waals surface area contributed by atoms with Gasteiger partial charge in [0, 0.05) is 21.8 Å². The van der Waals surface area contributed by atoms with E-state index in [-0.39, 0.29) is 11.8 Å². The van der Waals surface area contributed by atoms with E-state index in [0.29, 0.717) is 21.5 Å². The average Bonchev–Trinajstić information content (AvgIpc) is 2.47. The highest BCUT2D eigenvalue weighted by Crippen LogP contribution is 2.31. The molecule has 0 spiro atoms. The van der Waals surface area contributed by atoms with Gasteiger partial charge in [-0.1, -0.05) is 55.2 Å². The molecule has 2 aromatic carbocycles.